The van der Waals surface area contributed by atoms with Crippen LogP contribution in [0.15, 0.2) is 91.0 Å². The summed E-state index contributed by atoms with van der Waals surface area (Å²) in [5.41, 5.74) is 8.68. The van der Waals surface area contributed by atoms with Gasteiger partial charge in [0.05, 0.1) is 6.04 Å². The van der Waals surface area contributed by atoms with E-state index >= 15 is 0 Å². The van der Waals surface area contributed by atoms with Crippen molar-refractivity contribution in [1.29, 1.82) is 0 Å². The molecule has 0 spiro atoms. The molecular formula is C32H38N4O5S. The summed E-state index contributed by atoms with van der Waals surface area (Å²) in [7, 11) is 0. The smallest absolute Gasteiger partial charge is 0.326 e. The van der Waals surface area contributed by atoms with E-state index in [0.29, 0.717) is 5.75 Å². The molecule has 42 heavy (non-hydrogen) atoms. The van der Waals surface area contributed by atoms with Crippen molar-refractivity contribution < 1.29 is 24.3 Å². The van der Waals surface area contributed by atoms with E-state index < -0.39 is 47.9 Å². The van der Waals surface area contributed by atoms with Gasteiger partial charge in [-0.1, -0.05) is 91.0 Å². The molecule has 3 aromatic carbocycles. The summed E-state index contributed by atoms with van der Waals surface area (Å²) in [6.07, 6.45) is 2.68. The summed E-state index contributed by atoms with van der Waals surface area (Å²) >= 11 is 1.47. The monoisotopic (exact) mass is 590 g/mol. The molecule has 4 unspecified atom stereocenters. The molecule has 4 atom stereocenters. The van der Waals surface area contributed by atoms with Crippen LogP contribution in [0.5, 0.6) is 0 Å². The van der Waals surface area contributed by atoms with Gasteiger partial charge >= 0.3 is 5.97 Å². The Morgan fingerprint density at radius 3 is 1.43 bits per heavy atom. The number of hydrogen-bond acceptors (Lipinski definition) is 6. The molecule has 9 nitrogen and oxygen atoms in total. The molecule has 0 aromatic heterocycles. The van der Waals surface area contributed by atoms with Crippen molar-refractivity contribution in [1.82, 2.24) is 16.0 Å². The molecule has 0 fully saturated rings. The number of carbonyl (C=O) groups excluding carboxylic acids is 3. The van der Waals surface area contributed by atoms with E-state index in [9.17, 15) is 24.3 Å². The van der Waals surface area contributed by atoms with Crippen LogP contribution < -0.4 is 21.7 Å². The third-order valence-electron chi connectivity index (χ3n) is 6.69. The van der Waals surface area contributed by atoms with E-state index in [1.165, 1.54) is 11.8 Å². The quantitative estimate of drug-likeness (QED) is 0.172. The zero-order chi connectivity index (χ0) is 30.3. The van der Waals surface area contributed by atoms with Crippen LogP contribution in [0.3, 0.4) is 0 Å². The number of carbonyl (C=O) groups is 4. The highest BCUT2D eigenvalue weighted by atomic mass is 32.2. The van der Waals surface area contributed by atoms with Gasteiger partial charge in [0, 0.05) is 12.8 Å². The molecule has 3 rings (SSSR count). The summed E-state index contributed by atoms with van der Waals surface area (Å²) in [5, 5.41) is 17.8. The average molecular weight is 591 g/mol. The standard InChI is InChI=1S/C32H38N4O5S/c1-42-18-17-26(32(40)41)34-30(38)28(21-24-15-9-4-10-16-24)36-31(39)27(20-23-13-7-3-8-14-23)35-29(37)25(33)19-22-11-5-2-6-12-22/h2-16,25-28H,17-21,33H2,1H3,(H,34,38)(H,35,37)(H,36,39)(H,40,41). The van der Waals surface area contributed by atoms with Gasteiger partial charge in [0.1, 0.15) is 18.1 Å². The summed E-state index contributed by atoms with van der Waals surface area (Å²) < 4.78 is 0. The Morgan fingerprint density at radius 2 is 1.02 bits per heavy atom. The summed E-state index contributed by atoms with van der Waals surface area (Å²) in [4.78, 5) is 52.0. The number of nitrogens with one attached hydrogen (secondary N) is 3. The van der Waals surface area contributed by atoms with Crippen LogP contribution in [0.25, 0.3) is 0 Å². The first-order valence-corrected chi connectivity index (χ1v) is 15.2. The maximum Gasteiger partial charge on any atom is 0.326 e. The number of benzene rings is 3. The molecule has 0 radical (unpaired) electrons. The molecule has 0 aliphatic carbocycles. The summed E-state index contributed by atoms with van der Waals surface area (Å²) in [6.45, 7) is 0. The Hall–Kier alpha value is -4.15. The third-order valence-corrected chi connectivity index (χ3v) is 7.34. The molecule has 0 aliphatic rings. The molecule has 0 heterocycles. The van der Waals surface area contributed by atoms with Gasteiger partial charge in [-0.05, 0) is 41.5 Å². The van der Waals surface area contributed by atoms with E-state index in [-0.39, 0.29) is 25.7 Å². The van der Waals surface area contributed by atoms with Crippen molar-refractivity contribution in [3.05, 3.63) is 108 Å². The number of rotatable bonds is 16. The second-order valence-corrected chi connectivity index (χ2v) is 11.0. The van der Waals surface area contributed by atoms with Gasteiger partial charge in [0.2, 0.25) is 17.7 Å². The van der Waals surface area contributed by atoms with Crippen LogP contribution in [0.1, 0.15) is 23.1 Å². The van der Waals surface area contributed by atoms with Gasteiger partial charge in [-0.2, -0.15) is 11.8 Å². The third kappa shape index (κ3) is 10.7. The number of thioether (sulfide) groups is 1. The molecule has 3 aromatic rings. The van der Waals surface area contributed by atoms with Crippen molar-refractivity contribution in [3.8, 4) is 0 Å². The van der Waals surface area contributed by atoms with Crippen molar-refractivity contribution in [3.63, 3.8) is 0 Å². The molecule has 0 bridgehead atoms. The fourth-order valence-electron chi connectivity index (χ4n) is 4.40. The normalized spacial score (nSPS) is 13.7. The minimum atomic E-state index is -1.15. The Labute approximate surface area is 250 Å². The summed E-state index contributed by atoms with van der Waals surface area (Å²) in [5.74, 6) is -2.30. The lowest BCUT2D eigenvalue weighted by atomic mass is 10.0. The number of hydrogen-bond donors (Lipinski definition) is 5. The highest BCUT2D eigenvalue weighted by Crippen LogP contribution is 2.09. The molecule has 222 valence electrons. The zero-order valence-corrected chi connectivity index (χ0v) is 24.4. The maximum absolute atomic E-state index is 13.7. The summed E-state index contributed by atoms with van der Waals surface area (Å²) in [6, 6.07) is 23.5. The SMILES string of the molecule is CSCCC(NC(=O)C(Cc1ccccc1)NC(=O)C(Cc1ccccc1)NC(=O)C(N)Cc1ccccc1)C(=O)O. The van der Waals surface area contributed by atoms with Gasteiger partial charge in [-0.3, -0.25) is 14.4 Å². The highest BCUT2D eigenvalue weighted by Gasteiger charge is 2.30. The van der Waals surface area contributed by atoms with Crippen LogP contribution in [0, 0.1) is 0 Å². The lowest BCUT2D eigenvalue weighted by Gasteiger charge is -2.25. The van der Waals surface area contributed by atoms with Gasteiger partial charge in [0.15, 0.2) is 0 Å². The molecular weight excluding hydrogens is 552 g/mol. The molecule has 6 N–H and O–H groups in total. The maximum atomic E-state index is 13.7. The zero-order valence-electron chi connectivity index (χ0n) is 23.6. The average Bonchev–Trinajstić information content (AvgIpc) is 2.99. The highest BCUT2D eigenvalue weighted by molar-refractivity contribution is 7.98. The van der Waals surface area contributed by atoms with Gasteiger partial charge < -0.3 is 26.8 Å². The van der Waals surface area contributed by atoms with E-state index in [2.05, 4.69) is 16.0 Å². The first-order chi connectivity index (χ1) is 20.3. The second kappa shape index (κ2) is 17.0. The van der Waals surface area contributed by atoms with Crippen LogP contribution in [0.4, 0.5) is 0 Å². The Balaban J connectivity index is 1.81. The van der Waals surface area contributed by atoms with Crippen molar-refractivity contribution in [2.24, 2.45) is 5.73 Å². The van der Waals surface area contributed by atoms with E-state index in [1.54, 1.807) is 0 Å². The minimum absolute atomic E-state index is 0.132. The van der Waals surface area contributed by atoms with Gasteiger partial charge in [-0.15, -0.1) is 0 Å². The van der Waals surface area contributed by atoms with Crippen LogP contribution >= 0.6 is 11.8 Å². The number of amides is 3. The fraction of sp³-hybridized carbons (Fsp3) is 0.312. The van der Waals surface area contributed by atoms with E-state index in [1.807, 2.05) is 97.3 Å². The van der Waals surface area contributed by atoms with Crippen LogP contribution in [-0.2, 0) is 38.4 Å². The molecule has 0 saturated carbocycles. The Kier molecular flexibility index (Phi) is 13.1. The second-order valence-electron chi connectivity index (χ2n) is 9.98. The largest absolute Gasteiger partial charge is 0.480 e. The van der Waals surface area contributed by atoms with Crippen molar-refractivity contribution in [2.75, 3.05) is 12.0 Å². The molecule has 10 heteroatoms. The van der Waals surface area contributed by atoms with E-state index in [0.717, 1.165) is 16.7 Å². The Bertz CT molecular complexity index is 1290. The Morgan fingerprint density at radius 1 is 0.643 bits per heavy atom. The number of carboxylic acids is 1. The lowest BCUT2D eigenvalue weighted by Crippen LogP contribution is -2.58. The molecule has 3 amide bonds. The van der Waals surface area contributed by atoms with Crippen LogP contribution in [-0.4, -0.2) is 65.0 Å². The van der Waals surface area contributed by atoms with Crippen LogP contribution in [0.2, 0.25) is 0 Å². The van der Waals surface area contributed by atoms with Gasteiger partial charge in [-0.25, -0.2) is 4.79 Å². The van der Waals surface area contributed by atoms with Gasteiger partial charge in [0.25, 0.3) is 0 Å². The van der Waals surface area contributed by atoms with Crippen molar-refractivity contribution in [2.45, 2.75) is 49.9 Å². The number of aliphatic carboxylic acids is 1. The number of nitrogens with two attached hydrogens (primary N) is 1. The fourth-order valence-corrected chi connectivity index (χ4v) is 4.87. The topological polar surface area (TPSA) is 151 Å². The minimum Gasteiger partial charge on any atom is -0.480 e. The van der Waals surface area contributed by atoms with E-state index in [4.69, 9.17) is 5.73 Å². The predicted octanol–water partition coefficient (Wildman–Crippen LogP) is 2.33. The first kappa shape index (κ1) is 32.4. The van der Waals surface area contributed by atoms with Crippen molar-refractivity contribution >= 4 is 35.5 Å². The first-order valence-electron chi connectivity index (χ1n) is 13.8. The molecule has 0 saturated heterocycles. The lowest BCUT2D eigenvalue weighted by molar-refractivity contribution is -0.142. The number of carboxylic acid groups (broad SMARTS) is 1. The predicted molar refractivity (Wildman–Crippen MR) is 165 cm³/mol. The molecule has 0 aliphatic heterocycles.